The van der Waals surface area contributed by atoms with Crippen molar-refractivity contribution >= 4 is 17.8 Å². The highest BCUT2D eigenvalue weighted by Gasteiger charge is 2.56. The fraction of sp³-hybridized carbons (Fsp3) is 0.800. The van der Waals surface area contributed by atoms with Crippen molar-refractivity contribution in [2.75, 3.05) is 59.2 Å². The third-order valence-corrected chi connectivity index (χ3v) is 7.24. The first-order chi connectivity index (χ1) is 16.5. The predicted molar refractivity (Wildman–Crippen MR) is 127 cm³/mol. The van der Waals surface area contributed by atoms with Gasteiger partial charge in [-0.25, -0.2) is 0 Å². The van der Waals surface area contributed by atoms with Gasteiger partial charge in [0.25, 0.3) is 0 Å². The number of allylic oxidation sites excluding steroid dienone is 1. The van der Waals surface area contributed by atoms with Gasteiger partial charge in [-0.15, -0.1) is 0 Å². The second kappa shape index (κ2) is 13.2. The van der Waals surface area contributed by atoms with Gasteiger partial charge in [-0.2, -0.15) is 0 Å². The van der Waals surface area contributed by atoms with Gasteiger partial charge in [0.05, 0.1) is 31.7 Å². The molecule has 2 N–H and O–H groups in total. The van der Waals surface area contributed by atoms with E-state index in [4.69, 9.17) is 14.6 Å². The number of morpholine rings is 1. The average molecular weight is 480 g/mol. The second-order valence-corrected chi connectivity index (χ2v) is 9.48. The highest BCUT2D eigenvalue weighted by molar-refractivity contribution is 5.96. The highest BCUT2D eigenvalue weighted by Crippen LogP contribution is 2.44. The van der Waals surface area contributed by atoms with E-state index in [1.54, 1.807) is 11.8 Å². The van der Waals surface area contributed by atoms with Crippen molar-refractivity contribution in [3.05, 3.63) is 12.2 Å². The summed E-state index contributed by atoms with van der Waals surface area (Å²) in [4.78, 5) is 43.7. The van der Waals surface area contributed by atoms with Crippen molar-refractivity contribution in [2.45, 2.75) is 45.6 Å². The molecule has 9 heteroatoms. The minimum atomic E-state index is -0.624. The maximum absolute atomic E-state index is 13.6. The van der Waals surface area contributed by atoms with Gasteiger partial charge in [-0.05, 0) is 25.7 Å². The van der Waals surface area contributed by atoms with Crippen molar-refractivity contribution in [1.29, 1.82) is 0 Å². The van der Waals surface area contributed by atoms with Crippen LogP contribution in [0, 0.1) is 23.7 Å². The average Bonchev–Trinajstić information content (AvgIpc) is 3.11. The van der Waals surface area contributed by atoms with Crippen LogP contribution in [-0.2, 0) is 23.9 Å². The Bertz CT molecular complexity index is 723. The number of rotatable bonds is 12. The van der Waals surface area contributed by atoms with Crippen molar-refractivity contribution < 1.29 is 29.0 Å². The van der Waals surface area contributed by atoms with Crippen LogP contribution in [0.3, 0.4) is 0 Å². The van der Waals surface area contributed by atoms with Gasteiger partial charge in [0.2, 0.25) is 11.8 Å². The standard InChI is InChI=1S/C25H41N3O6/c1-3-34-25(32)20-18(2)8-9-19-21(20)24(31)28(11-6-4-5-7-15-29)22(19)23(30)26-10-12-27-13-16-33-17-14-27/h8-9,18-22,29H,3-7,10-17H2,1-2H3,(H,26,30)/t18-,19+,20-,21+,22+/m1/s1. The number of nitrogens with zero attached hydrogens (tertiary/aromatic N) is 2. The van der Waals surface area contributed by atoms with Gasteiger partial charge < -0.3 is 24.8 Å². The van der Waals surface area contributed by atoms with Crippen LogP contribution < -0.4 is 5.32 Å². The van der Waals surface area contributed by atoms with E-state index in [-0.39, 0.29) is 42.8 Å². The maximum Gasteiger partial charge on any atom is 0.310 e. The quantitative estimate of drug-likeness (QED) is 0.242. The molecule has 2 aliphatic heterocycles. The zero-order valence-corrected chi connectivity index (χ0v) is 20.6. The number of hydrogen-bond acceptors (Lipinski definition) is 7. The van der Waals surface area contributed by atoms with Crippen molar-refractivity contribution in [1.82, 2.24) is 15.1 Å². The molecule has 2 saturated heterocycles. The Labute approximate surface area is 202 Å². The summed E-state index contributed by atoms with van der Waals surface area (Å²) in [5, 5.41) is 12.1. The maximum atomic E-state index is 13.6. The Hall–Kier alpha value is -1.97. The Morgan fingerprint density at radius 3 is 2.59 bits per heavy atom. The van der Waals surface area contributed by atoms with Gasteiger partial charge in [0.1, 0.15) is 6.04 Å². The molecule has 0 saturated carbocycles. The third-order valence-electron chi connectivity index (χ3n) is 7.24. The SMILES string of the molecule is CCOC(=O)[C@H]1[C@H]2C(=O)N(CCCCCCO)[C@H](C(=O)NCCN3CCOCC3)[C@H]2C=C[C@H]1C. The van der Waals surface area contributed by atoms with Crippen molar-refractivity contribution in [2.24, 2.45) is 23.7 Å². The molecule has 0 aromatic carbocycles. The van der Waals surface area contributed by atoms with Crippen LogP contribution in [0.15, 0.2) is 12.2 Å². The normalized spacial score (nSPS) is 29.2. The summed E-state index contributed by atoms with van der Waals surface area (Å²) in [6.07, 6.45) is 7.15. The molecule has 0 spiro atoms. The topological polar surface area (TPSA) is 108 Å². The Morgan fingerprint density at radius 1 is 1.15 bits per heavy atom. The number of carbonyl (C=O) groups is 3. The molecule has 2 fully saturated rings. The molecule has 1 aliphatic carbocycles. The first-order valence-electron chi connectivity index (χ1n) is 12.8. The van der Waals surface area contributed by atoms with Crippen LogP contribution in [0.5, 0.6) is 0 Å². The molecule has 0 aromatic heterocycles. The molecule has 0 aromatic rings. The molecular formula is C25H41N3O6. The zero-order valence-electron chi connectivity index (χ0n) is 20.6. The lowest BCUT2D eigenvalue weighted by Crippen LogP contribution is -2.49. The number of hydrogen-bond donors (Lipinski definition) is 2. The van der Waals surface area contributed by atoms with Crippen LogP contribution in [0.2, 0.25) is 0 Å². The molecule has 3 rings (SSSR count). The number of carbonyl (C=O) groups excluding carboxylic acids is 3. The summed E-state index contributed by atoms with van der Waals surface area (Å²) in [6, 6.07) is -0.624. The smallest absolute Gasteiger partial charge is 0.310 e. The van der Waals surface area contributed by atoms with Gasteiger partial charge in [-0.1, -0.05) is 31.9 Å². The van der Waals surface area contributed by atoms with Crippen molar-refractivity contribution in [3.63, 3.8) is 0 Å². The van der Waals surface area contributed by atoms with E-state index in [1.807, 2.05) is 19.1 Å². The van der Waals surface area contributed by atoms with Crippen molar-refractivity contribution in [3.8, 4) is 0 Å². The molecule has 2 amide bonds. The summed E-state index contributed by atoms with van der Waals surface area (Å²) in [5.74, 6) is -2.28. The molecule has 2 heterocycles. The number of amides is 2. The number of aliphatic hydroxyl groups excluding tert-OH is 1. The molecule has 3 aliphatic rings. The number of esters is 1. The van der Waals surface area contributed by atoms with Crippen LogP contribution in [0.4, 0.5) is 0 Å². The van der Waals surface area contributed by atoms with Crippen LogP contribution in [0.1, 0.15) is 39.5 Å². The molecule has 192 valence electrons. The fourth-order valence-corrected chi connectivity index (χ4v) is 5.45. The zero-order chi connectivity index (χ0) is 24.5. The summed E-state index contributed by atoms with van der Waals surface area (Å²) < 4.78 is 10.7. The summed E-state index contributed by atoms with van der Waals surface area (Å²) in [7, 11) is 0. The van der Waals surface area contributed by atoms with Gasteiger partial charge in [0.15, 0.2) is 0 Å². The first-order valence-corrected chi connectivity index (χ1v) is 12.8. The third kappa shape index (κ3) is 6.37. The highest BCUT2D eigenvalue weighted by atomic mass is 16.5. The molecule has 0 unspecified atom stereocenters. The lowest BCUT2D eigenvalue weighted by atomic mass is 9.70. The van der Waals surface area contributed by atoms with Gasteiger partial charge >= 0.3 is 5.97 Å². The molecule has 9 nitrogen and oxygen atoms in total. The lowest BCUT2D eigenvalue weighted by molar-refractivity contribution is -0.155. The van der Waals surface area contributed by atoms with E-state index in [9.17, 15) is 14.4 Å². The van der Waals surface area contributed by atoms with E-state index in [1.165, 1.54) is 0 Å². The van der Waals surface area contributed by atoms with Gasteiger partial charge in [-0.3, -0.25) is 19.3 Å². The molecule has 0 bridgehead atoms. The molecule has 5 atom stereocenters. The molecule has 34 heavy (non-hydrogen) atoms. The van der Waals surface area contributed by atoms with Gasteiger partial charge in [0, 0.05) is 45.2 Å². The largest absolute Gasteiger partial charge is 0.466 e. The molecular weight excluding hydrogens is 438 g/mol. The Morgan fingerprint density at radius 2 is 1.88 bits per heavy atom. The lowest BCUT2D eigenvalue weighted by Gasteiger charge is -2.32. The minimum Gasteiger partial charge on any atom is -0.466 e. The van der Waals surface area contributed by atoms with E-state index in [2.05, 4.69) is 10.2 Å². The Balaban J connectivity index is 1.72. The summed E-state index contributed by atoms with van der Waals surface area (Å²) in [6.45, 7) is 8.94. The Kier molecular flexibility index (Phi) is 10.3. The van der Waals surface area contributed by atoms with E-state index in [0.29, 0.717) is 26.3 Å². The van der Waals surface area contributed by atoms with Crippen LogP contribution in [-0.4, -0.2) is 97.9 Å². The number of aliphatic hydroxyl groups is 1. The second-order valence-electron chi connectivity index (χ2n) is 9.48. The number of likely N-dealkylation sites (tertiary alicyclic amines) is 1. The fourth-order valence-electron chi connectivity index (χ4n) is 5.45. The van der Waals surface area contributed by atoms with E-state index in [0.717, 1.165) is 45.3 Å². The number of ether oxygens (including phenoxy) is 2. The number of unbranched alkanes of at least 4 members (excludes halogenated alkanes) is 3. The van der Waals surface area contributed by atoms with E-state index < -0.39 is 17.9 Å². The molecule has 0 radical (unpaired) electrons. The predicted octanol–water partition coefficient (Wildman–Crippen LogP) is 0.816. The van der Waals surface area contributed by atoms with Crippen LogP contribution in [0.25, 0.3) is 0 Å². The summed E-state index contributed by atoms with van der Waals surface area (Å²) in [5.41, 5.74) is 0. The number of nitrogens with one attached hydrogen (secondary N) is 1. The number of fused-ring (bicyclic) bond motifs is 1. The minimum absolute atomic E-state index is 0.126. The monoisotopic (exact) mass is 479 g/mol. The van der Waals surface area contributed by atoms with E-state index >= 15 is 0 Å². The van der Waals surface area contributed by atoms with Crippen LogP contribution >= 0.6 is 0 Å². The first kappa shape index (κ1) is 26.6. The summed E-state index contributed by atoms with van der Waals surface area (Å²) >= 11 is 0.